The first kappa shape index (κ1) is 17.2. The highest BCUT2D eigenvalue weighted by atomic mass is 16.3. The Hall–Kier alpha value is -2.22. The SMILES string of the molecule is CCC[C@@H]1Cc2cc(O)ccc2C2=C1c1ccc(O)cc1C[C@H]2CCC. The topological polar surface area (TPSA) is 40.5 Å². The summed E-state index contributed by atoms with van der Waals surface area (Å²) in [5.74, 6) is 1.73. The highest BCUT2D eigenvalue weighted by molar-refractivity contribution is 5.98. The molecule has 0 saturated carbocycles. The van der Waals surface area contributed by atoms with E-state index in [-0.39, 0.29) is 0 Å². The van der Waals surface area contributed by atoms with E-state index in [9.17, 15) is 10.2 Å². The van der Waals surface area contributed by atoms with Gasteiger partial charge in [-0.1, -0.05) is 38.8 Å². The van der Waals surface area contributed by atoms with Crippen molar-refractivity contribution >= 4 is 11.1 Å². The second-order valence-electron chi connectivity index (χ2n) is 7.89. The number of aromatic hydroxyl groups is 2. The van der Waals surface area contributed by atoms with Crippen LogP contribution in [0, 0.1) is 11.8 Å². The molecule has 4 rings (SSSR count). The fraction of sp³-hybridized carbons (Fsp3) is 0.417. The predicted molar refractivity (Wildman–Crippen MR) is 107 cm³/mol. The quantitative estimate of drug-likeness (QED) is 0.716. The minimum atomic E-state index is 0.372. The van der Waals surface area contributed by atoms with Gasteiger partial charge in [-0.05, 0) is 95.2 Å². The van der Waals surface area contributed by atoms with Crippen LogP contribution in [0.5, 0.6) is 11.5 Å². The smallest absolute Gasteiger partial charge is 0.115 e. The van der Waals surface area contributed by atoms with Gasteiger partial charge in [0, 0.05) is 0 Å². The van der Waals surface area contributed by atoms with Crippen molar-refractivity contribution in [3.63, 3.8) is 0 Å². The molecule has 0 bridgehead atoms. The van der Waals surface area contributed by atoms with E-state index in [1.807, 2.05) is 24.3 Å². The van der Waals surface area contributed by atoms with Gasteiger partial charge in [-0.3, -0.25) is 0 Å². The molecular formula is C24H28O2. The molecule has 0 amide bonds. The Bertz CT molecular complexity index is 791. The molecule has 2 aliphatic rings. The number of hydrogen-bond donors (Lipinski definition) is 2. The van der Waals surface area contributed by atoms with Gasteiger partial charge in [0.2, 0.25) is 0 Å². The maximum absolute atomic E-state index is 10.0. The Morgan fingerprint density at radius 3 is 1.54 bits per heavy atom. The van der Waals surface area contributed by atoms with Crippen LogP contribution in [-0.4, -0.2) is 10.2 Å². The number of benzene rings is 2. The predicted octanol–water partition coefficient (Wildman–Crippen LogP) is 5.95. The summed E-state index contributed by atoms with van der Waals surface area (Å²) < 4.78 is 0. The fourth-order valence-electron chi connectivity index (χ4n) is 5.12. The number of hydrogen-bond acceptors (Lipinski definition) is 2. The molecule has 2 heteroatoms. The Labute approximate surface area is 156 Å². The van der Waals surface area contributed by atoms with Crippen LogP contribution in [0.1, 0.15) is 61.8 Å². The van der Waals surface area contributed by atoms with Crippen LogP contribution >= 0.6 is 0 Å². The van der Waals surface area contributed by atoms with Crippen LogP contribution in [0.15, 0.2) is 36.4 Å². The van der Waals surface area contributed by atoms with E-state index in [0.717, 1.165) is 38.5 Å². The average Bonchev–Trinajstić information content (AvgIpc) is 2.61. The zero-order chi connectivity index (χ0) is 18.3. The van der Waals surface area contributed by atoms with Crippen molar-refractivity contribution < 1.29 is 10.2 Å². The molecule has 0 fully saturated rings. The lowest BCUT2D eigenvalue weighted by Gasteiger charge is -2.39. The van der Waals surface area contributed by atoms with E-state index in [2.05, 4.69) is 26.0 Å². The molecule has 0 radical (unpaired) electrons. The van der Waals surface area contributed by atoms with Gasteiger partial charge in [-0.15, -0.1) is 0 Å². The fourth-order valence-corrected chi connectivity index (χ4v) is 5.12. The van der Waals surface area contributed by atoms with Gasteiger partial charge in [-0.2, -0.15) is 0 Å². The van der Waals surface area contributed by atoms with E-state index >= 15 is 0 Å². The molecule has 2 nitrogen and oxygen atoms in total. The lowest BCUT2D eigenvalue weighted by Crippen LogP contribution is -2.25. The summed E-state index contributed by atoms with van der Waals surface area (Å²) in [4.78, 5) is 0. The maximum Gasteiger partial charge on any atom is 0.115 e. The highest BCUT2D eigenvalue weighted by Crippen LogP contribution is 2.51. The molecule has 0 spiro atoms. The zero-order valence-electron chi connectivity index (χ0n) is 15.8. The first-order valence-electron chi connectivity index (χ1n) is 10.0. The van der Waals surface area contributed by atoms with Gasteiger partial charge in [0.15, 0.2) is 0 Å². The Morgan fingerprint density at radius 2 is 1.15 bits per heavy atom. The van der Waals surface area contributed by atoms with Crippen LogP contribution in [0.4, 0.5) is 0 Å². The van der Waals surface area contributed by atoms with Crippen molar-refractivity contribution in [1.82, 2.24) is 0 Å². The molecule has 2 atom stereocenters. The summed E-state index contributed by atoms with van der Waals surface area (Å²) in [6.07, 6.45) is 6.62. The second kappa shape index (κ2) is 6.83. The van der Waals surface area contributed by atoms with E-state index in [0.29, 0.717) is 23.3 Å². The molecule has 2 aromatic rings. The first-order valence-corrected chi connectivity index (χ1v) is 10.0. The maximum atomic E-state index is 10.0. The third-order valence-corrected chi connectivity index (χ3v) is 6.07. The Balaban J connectivity index is 1.97. The number of allylic oxidation sites excluding steroid dienone is 2. The monoisotopic (exact) mass is 348 g/mol. The lowest BCUT2D eigenvalue weighted by molar-refractivity contribution is 0.470. The van der Waals surface area contributed by atoms with Crippen LogP contribution in [0.25, 0.3) is 11.1 Å². The summed E-state index contributed by atoms with van der Waals surface area (Å²) in [7, 11) is 0. The number of phenols is 2. The molecule has 26 heavy (non-hydrogen) atoms. The van der Waals surface area contributed by atoms with Gasteiger partial charge < -0.3 is 10.2 Å². The number of phenolic OH excluding ortho intramolecular Hbond substituents is 2. The zero-order valence-corrected chi connectivity index (χ0v) is 15.8. The molecule has 2 aliphatic carbocycles. The Kier molecular flexibility index (Phi) is 4.52. The molecule has 0 heterocycles. The standard InChI is InChI=1S/C24H28O2/c1-3-5-15-11-17-13-19(25)8-10-22(17)24-16(6-4-2)12-18-14-20(26)7-9-21(18)23(15)24/h7-10,13-16,25-26H,3-6,11-12H2,1-2H3/t15-,16-/m1/s1. The lowest BCUT2D eigenvalue weighted by atomic mass is 9.65. The van der Waals surface area contributed by atoms with Crippen LogP contribution in [0.2, 0.25) is 0 Å². The van der Waals surface area contributed by atoms with E-state index < -0.39 is 0 Å². The average molecular weight is 348 g/mol. The molecule has 2 aromatic carbocycles. The Morgan fingerprint density at radius 1 is 0.731 bits per heavy atom. The first-order chi connectivity index (χ1) is 12.6. The summed E-state index contributed by atoms with van der Waals surface area (Å²) in [6, 6.07) is 11.8. The largest absolute Gasteiger partial charge is 0.508 e. The van der Waals surface area contributed by atoms with Gasteiger partial charge >= 0.3 is 0 Å². The molecule has 0 aromatic heterocycles. The summed E-state index contributed by atoms with van der Waals surface area (Å²) in [5.41, 5.74) is 8.27. The third-order valence-electron chi connectivity index (χ3n) is 6.07. The minimum Gasteiger partial charge on any atom is -0.508 e. The van der Waals surface area contributed by atoms with Crippen molar-refractivity contribution in [1.29, 1.82) is 0 Å². The van der Waals surface area contributed by atoms with Crippen LogP contribution < -0.4 is 0 Å². The highest BCUT2D eigenvalue weighted by Gasteiger charge is 2.35. The molecular weight excluding hydrogens is 320 g/mol. The van der Waals surface area contributed by atoms with Crippen LogP contribution in [-0.2, 0) is 12.8 Å². The minimum absolute atomic E-state index is 0.372. The molecule has 0 saturated heterocycles. The number of fused-ring (bicyclic) bond motifs is 4. The van der Waals surface area contributed by atoms with Crippen molar-refractivity contribution in [2.45, 2.75) is 52.4 Å². The van der Waals surface area contributed by atoms with Crippen molar-refractivity contribution in [3.8, 4) is 11.5 Å². The van der Waals surface area contributed by atoms with Crippen molar-refractivity contribution in [3.05, 3.63) is 58.7 Å². The molecule has 136 valence electrons. The van der Waals surface area contributed by atoms with Crippen LogP contribution in [0.3, 0.4) is 0 Å². The summed E-state index contributed by atoms with van der Waals surface area (Å²) in [5, 5.41) is 20.0. The van der Waals surface area contributed by atoms with E-state index in [4.69, 9.17) is 0 Å². The third kappa shape index (κ3) is 2.82. The summed E-state index contributed by atoms with van der Waals surface area (Å²) >= 11 is 0. The van der Waals surface area contributed by atoms with Crippen molar-refractivity contribution in [2.75, 3.05) is 0 Å². The van der Waals surface area contributed by atoms with Gasteiger partial charge in [0.1, 0.15) is 11.5 Å². The summed E-state index contributed by atoms with van der Waals surface area (Å²) in [6.45, 7) is 4.50. The van der Waals surface area contributed by atoms with E-state index in [1.54, 1.807) is 0 Å². The van der Waals surface area contributed by atoms with Gasteiger partial charge in [0.05, 0.1) is 0 Å². The molecule has 0 aliphatic heterocycles. The van der Waals surface area contributed by atoms with Gasteiger partial charge in [-0.25, -0.2) is 0 Å². The number of rotatable bonds is 4. The normalized spacial score (nSPS) is 21.2. The second-order valence-corrected chi connectivity index (χ2v) is 7.89. The van der Waals surface area contributed by atoms with E-state index in [1.165, 1.54) is 33.4 Å². The van der Waals surface area contributed by atoms with Gasteiger partial charge in [0.25, 0.3) is 0 Å². The molecule has 0 unspecified atom stereocenters. The molecule has 2 N–H and O–H groups in total. The van der Waals surface area contributed by atoms with Crippen molar-refractivity contribution in [2.24, 2.45) is 11.8 Å².